The summed E-state index contributed by atoms with van der Waals surface area (Å²) in [5.41, 5.74) is 10.9. The van der Waals surface area contributed by atoms with Crippen LogP contribution in [0.2, 0.25) is 0 Å². The van der Waals surface area contributed by atoms with E-state index >= 15 is 0 Å². The van der Waals surface area contributed by atoms with Gasteiger partial charge in [0.05, 0.1) is 23.2 Å². The number of nitrogens with one attached hydrogen (secondary N) is 1. The van der Waals surface area contributed by atoms with Gasteiger partial charge in [0, 0.05) is 11.1 Å². The molecule has 1 amide bonds. The number of nitrogens with zero attached hydrogens (tertiary/aromatic N) is 1. The number of amides is 1. The Bertz CT molecular complexity index is 1400. The number of hydrogen-bond acceptors (Lipinski definition) is 3. The molecule has 0 spiro atoms. The molecule has 1 saturated carbocycles. The van der Waals surface area contributed by atoms with E-state index in [-0.39, 0.29) is 12.2 Å². The third-order valence-electron chi connectivity index (χ3n) is 8.74. The minimum absolute atomic E-state index is 0.247. The van der Waals surface area contributed by atoms with Crippen LogP contribution in [-0.2, 0) is 11.2 Å². The van der Waals surface area contributed by atoms with Gasteiger partial charge in [0.15, 0.2) is 0 Å². The van der Waals surface area contributed by atoms with Gasteiger partial charge in [-0.3, -0.25) is 4.79 Å². The highest BCUT2D eigenvalue weighted by atomic mass is 19.4. The fourth-order valence-electron chi connectivity index (χ4n) is 6.60. The van der Waals surface area contributed by atoms with Crippen LogP contribution in [0.25, 0.3) is 0 Å². The van der Waals surface area contributed by atoms with E-state index in [9.17, 15) is 22.4 Å². The average molecular weight is 552 g/mol. The molecule has 40 heavy (non-hydrogen) atoms. The van der Waals surface area contributed by atoms with Crippen molar-refractivity contribution in [3.63, 3.8) is 0 Å². The largest absolute Gasteiger partial charge is 0.404 e. The molecule has 0 heterocycles. The third kappa shape index (κ3) is 5.23. The molecule has 3 N–H and O–H groups in total. The summed E-state index contributed by atoms with van der Waals surface area (Å²) in [5, 5.41) is 2.78. The Kier molecular flexibility index (Phi) is 7.46. The highest BCUT2D eigenvalue weighted by Crippen LogP contribution is 2.59. The van der Waals surface area contributed by atoms with Crippen molar-refractivity contribution < 1.29 is 22.4 Å². The smallest absolute Gasteiger partial charge is 0.392 e. The molecule has 1 fully saturated rings. The summed E-state index contributed by atoms with van der Waals surface area (Å²) >= 11 is 0. The van der Waals surface area contributed by atoms with Gasteiger partial charge in [0.1, 0.15) is 5.82 Å². The number of aryl methyl sites for hydroxylation is 1. The second-order valence-electron chi connectivity index (χ2n) is 11.1. The second-order valence-corrected chi connectivity index (χ2v) is 11.1. The van der Waals surface area contributed by atoms with E-state index in [0.717, 1.165) is 28.7 Å². The highest BCUT2D eigenvalue weighted by Gasteiger charge is 2.56. The molecule has 3 aliphatic carbocycles. The topological polar surface area (TPSA) is 67.5 Å². The number of nitrogens with two attached hydrogens (primary N) is 1. The predicted molar refractivity (Wildman–Crippen MR) is 149 cm³/mol. The van der Waals surface area contributed by atoms with Gasteiger partial charge >= 0.3 is 6.18 Å². The number of fused-ring (bicyclic) bond motifs is 3. The van der Waals surface area contributed by atoms with E-state index in [1.54, 1.807) is 30.3 Å². The monoisotopic (exact) mass is 551 g/mol. The van der Waals surface area contributed by atoms with Crippen LogP contribution >= 0.6 is 0 Å². The van der Waals surface area contributed by atoms with Gasteiger partial charge in [0.2, 0.25) is 5.91 Å². The van der Waals surface area contributed by atoms with Crippen LogP contribution in [-0.4, -0.2) is 17.8 Å². The summed E-state index contributed by atoms with van der Waals surface area (Å²) in [6, 6.07) is 13.1. The molecular formula is C32H33F4N3O. The molecule has 0 saturated heterocycles. The first-order chi connectivity index (χ1) is 19.0. The fraction of sp³-hybridized carbons (Fsp3) is 0.375. The van der Waals surface area contributed by atoms with Crippen molar-refractivity contribution in [2.75, 3.05) is 5.32 Å². The van der Waals surface area contributed by atoms with E-state index in [0.29, 0.717) is 36.3 Å². The minimum atomic E-state index is -4.50. The van der Waals surface area contributed by atoms with Gasteiger partial charge in [-0.15, -0.1) is 0 Å². The molecule has 0 unspecified atom stereocenters. The van der Waals surface area contributed by atoms with Gasteiger partial charge in [-0.2, -0.15) is 13.2 Å². The van der Waals surface area contributed by atoms with Gasteiger partial charge in [0.25, 0.3) is 0 Å². The molecule has 8 heteroatoms. The second kappa shape index (κ2) is 10.7. The zero-order valence-corrected chi connectivity index (χ0v) is 22.6. The SMILES string of the molecule is CCc1ccc(NC(=O)[C@H]2[C@H](C(F)(F)F)CC=C3[C@@H]2CCC2=CC(=Nc4ccc(F)cc4)C(=CN)C[C@@]23C)cc1. The summed E-state index contributed by atoms with van der Waals surface area (Å²) < 4.78 is 56.3. The maximum absolute atomic E-state index is 14.3. The van der Waals surface area contributed by atoms with E-state index in [2.05, 4.69) is 10.3 Å². The Morgan fingerprint density at radius 1 is 1.15 bits per heavy atom. The number of alkyl halides is 3. The Morgan fingerprint density at radius 2 is 1.85 bits per heavy atom. The number of hydrogen-bond donors (Lipinski definition) is 2. The number of benzene rings is 2. The van der Waals surface area contributed by atoms with Crippen LogP contribution in [0.1, 0.15) is 45.1 Å². The van der Waals surface area contributed by atoms with Gasteiger partial charge in [-0.1, -0.05) is 43.2 Å². The summed E-state index contributed by atoms with van der Waals surface area (Å²) in [6.45, 7) is 4.04. The molecule has 3 aliphatic rings. The van der Waals surface area contributed by atoms with Crippen LogP contribution < -0.4 is 11.1 Å². The van der Waals surface area contributed by atoms with E-state index in [1.807, 2.05) is 32.1 Å². The molecule has 2 aromatic carbocycles. The van der Waals surface area contributed by atoms with Gasteiger partial charge in [-0.25, -0.2) is 9.38 Å². The number of aliphatic imine (C=N–C) groups is 1. The molecule has 0 bridgehead atoms. The highest BCUT2D eigenvalue weighted by molar-refractivity contribution is 6.11. The van der Waals surface area contributed by atoms with E-state index < -0.39 is 35.3 Å². The Morgan fingerprint density at radius 3 is 2.48 bits per heavy atom. The fourth-order valence-corrected chi connectivity index (χ4v) is 6.60. The number of halogens is 4. The molecule has 4 nitrogen and oxygen atoms in total. The lowest BCUT2D eigenvalue weighted by atomic mass is 9.53. The summed E-state index contributed by atoms with van der Waals surface area (Å²) in [5.74, 6) is -4.49. The molecule has 2 aromatic rings. The normalized spacial score (nSPS) is 28.4. The van der Waals surface area contributed by atoms with Crippen molar-refractivity contribution in [3.8, 4) is 0 Å². The van der Waals surface area contributed by atoms with Crippen LogP contribution in [0, 0.1) is 29.0 Å². The average Bonchev–Trinajstić information content (AvgIpc) is 2.93. The predicted octanol–water partition coefficient (Wildman–Crippen LogP) is 7.81. The zero-order valence-electron chi connectivity index (χ0n) is 22.6. The lowest BCUT2D eigenvalue weighted by molar-refractivity contribution is -0.196. The molecule has 4 atom stereocenters. The Labute approximate surface area is 231 Å². The maximum atomic E-state index is 14.3. The van der Waals surface area contributed by atoms with Crippen molar-refractivity contribution in [1.82, 2.24) is 0 Å². The zero-order chi connectivity index (χ0) is 28.7. The van der Waals surface area contributed by atoms with Crippen molar-refractivity contribution >= 4 is 23.0 Å². The first kappa shape index (κ1) is 27.9. The number of carbonyl (C=O) groups excluding carboxylic acids is 1. The standard InChI is InChI=1S/C32H33F4N3O/c1-3-19-4-9-24(10-5-19)39-30(40)29-25-13-6-21-16-28(38-23-11-7-22(33)8-12-23)20(18-37)17-31(21,2)26(25)14-15-27(29)32(34,35)36/h4-5,7-12,14,16,18,25,27,29H,3,6,13,15,17,37H2,1-2H3,(H,39,40)/t25-,27+,29+,31-/m0/s1. The first-order valence-electron chi connectivity index (χ1n) is 13.7. The quantitative estimate of drug-likeness (QED) is 0.301. The summed E-state index contributed by atoms with van der Waals surface area (Å²) in [4.78, 5) is 18.2. The third-order valence-corrected chi connectivity index (χ3v) is 8.74. The number of carbonyl (C=O) groups is 1. The van der Waals surface area contributed by atoms with Crippen molar-refractivity contribution in [2.45, 2.75) is 52.1 Å². The van der Waals surface area contributed by atoms with Crippen LogP contribution in [0.5, 0.6) is 0 Å². The van der Waals surface area contributed by atoms with Crippen molar-refractivity contribution in [3.05, 3.63) is 95.0 Å². The Hall–Kier alpha value is -3.68. The first-order valence-corrected chi connectivity index (χ1v) is 13.7. The van der Waals surface area contributed by atoms with Crippen molar-refractivity contribution in [2.24, 2.45) is 33.9 Å². The molecule has 5 rings (SSSR count). The molecule has 0 aliphatic heterocycles. The summed E-state index contributed by atoms with van der Waals surface area (Å²) in [6.07, 6.45) is 2.66. The lowest BCUT2D eigenvalue weighted by Crippen LogP contribution is -2.49. The molecular weight excluding hydrogens is 518 g/mol. The molecule has 210 valence electrons. The minimum Gasteiger partial charge on any atom is -0.404 e. The van der Waals surface area contributed by atoms with Crippen molar-refractivity contribution in [1.29, 1.82) is 0 Å². The van der Waals surface area contributed by atoms with Crippen LogP contribution in [0.3, 0.4) is 0 Å². The number of rotatable bonds is 4. The summed E-state index contributed by atoms with van der Waals surface area (Å²) in [7, 11) is 0. The van der Waals surface area contributed by atoms with Crippen LogP contribution in [0.15, 0.2) is 88.6 Å². The van der Waals surface area contributed by atoms with Gasteiger partial charge < -0.3 is 11.1 Å². The van der Waals surface area contributed by atoms with E-state index in [4.69, 9.17) is 5.73 Å². The van der Waals surface area contributed by atoms with Crippen LogP contribution in [0.4, 0.5) is 28.9 Å². The van der Waals surface area contributed by atoms with E-state index in [1.165, 1.54) is 18.3 Å². The molecule has 0 radical (unpaired) electrons. The number of anilines is 1. The number of allylic oxidation sites excluding steroid dienone is 5. The maximum Gasteiger partial charge on any atom is 0.392 e. The molecule has 0 aromatic heterocycles. The van der Waals surface area contributed by atoms with Gasteiger partial charge in [-0.05, 0) is 97.8 Å². The Balaban J connectivity index is 1.49. The lowest BCUT2D eigenvalue weighted by Gasteiger charge is -2.51.